The van der Waals surface area contributed by atoms with E-state index < -0.39 is 21.7 Å². The molecule has 1 aliphatic heterocycles. The van der Waals surface area contributed by atoms with Crippen LogP contribution in [0.15, 0.2) is 6.20 Å². The van der Waals surface area contributed by atoms with Gasteiger partial charge in [0.05, 0.1) is 43.3 Å². The lowest BCUT2D eigenvalue weighted by atomic mass is 10.2. The summed E-state index contributed by atoms with van der Waals surface area (Å²) in [5.41, 5.74) is 0.345. The molecule has 1 aromatic heterocycles. The molecule has 0 aliphatic carbocycles. The van der Waals surface area contributed by atoms with Crippen LogP contribution in [0.5, 0.6) is 0 Å². The molecule has 0 aromatic carbocycles. The van der Waals surface area contributed by atoms with Gasteiger partial charge in [0.25, 0.3) is 0 Å². The van der Waals surface area contributed by atoms with Gasteiger partial charge in [-0.25, -0.2) is 13.2 Å². The van der Waals surface area contributed by atoms with Gasteiger partial charge < -0.3 is 10.1 Å². The Kier molecular flexibility index (Phi) is 7.20. The minimum absolute atomic E-state index is 0.0498. The van der Waals surface area contributed by atoms with E-state index in [-0.39, 0.29) is 36.2 Å². The first kappa shape index (κ1) is 23.5. The summed E-state index contributed by atoms with van der Waals surface area (Å²) in [7, 11) is -3.68. The molecule has 0 saturated heterocycles. The van der Waals surface area contributed by atoms with Crippen LogP contribution < -0.4 is 9.62 Å². The molecular formula is C17H28BrN5O5S. The first-order valence-electron chi connectivity index (χ1n) is 9.21. The van der Waals surface area contributed by atoms with Crippen LogP contribution in [-0.2, 0) is 32.6 Å². The highest BCUT2D eigenvalue weighted by atomic mass is 79.9. The van der Waals surface area contributed by atoms with E-state index in [0.717, 1.165) is 0 Å². The van der Waals surface area contributed by atoms with Crippen molar-refractivity contribution in [1.29, 1.82) is 0 Å². The average Bonchev–Trinajstić information content (AvgIpc) is 2.98. The number of sulfonamides is 1. The molecule has 0 bridgehead atoms. The first-order valence-corrected chi connectivity index (χ1v) is 11.9. The number of hydrogen-bond donors (Lipinski definition) is 1. The molecule has 29 heavy (non-hydrogen) atoms. The van der Waals surface area contributed by atoms with E-state index in [9.17, 15) is 18.0 Å². The zero-order valence-electron chi connectivity index (χ0n) is 17.3. The highest BCUT2D eigenvalue weighted by Gasteiger charge is 2.35. The second-order valence-electron chi connectivity index (χ2n) is 7.89. The van der Waals surface area contributed by atoms with Crippen molar-refractivity contribution in [3.05, 3.63) is 11.9 Å². The molecule has 1 N–H and O–H groups in total. The fourth-order valence-electron chi connectivity index (χ4n) is 2.96. The summed E-state index contributed by atoms with van der Waals surface area (Å²) in [5.74, 6) is -0.247. The number of nitrogens with zero attached hydrogens (tertiary/aromatic N) is 4. The van der Waals surface area contributed by atoms with Crippen LogP contribution in [0.3, 0.4) is 0 Å². The standard InChI is InChI=1S/C17H28BrN5O5S/c1-12-9-22-15(10-21(12)16(25)28-17(3,4)5)14(8-20-22)23(29(26,27)11-18)7-6-19-13(2)24/h8,12H,6-7,9-11H2,1-5H3,(H,19,24)/t12-/m0/s1. The van der Waals surface area contributed by atoms with Gasteiger partial charge in [-0.2, -0.15) is 5.10 Å². The van der Waals surface area contributed by atoms with Gasteiger partial charge >= 0.3 is 6.09 Å². The van der Waals surface area contributed by atoms with Crippen LogP contribution in [-0.4, -0.2) is 64.5 Å². The van der Waals surface area contributed by atoms with Gasteiger partial charge in [-0.3, -0.25) is 18.7 Å². The minimum atomic E-state index is -3.68. The van der Waals surface area contributed by atoms with Crippen molar-refractivity contribution in [1.82, 2.24) is 20.0 Å². The Bertz CT molecular complexity index is 864. The summed E-state index contributed by atoms with van der Waals surface area (Å²) < 4.78 is 33.4. The van der Waals surface area contributed by atoms with Crippen molar-refractivity contribution in [2.75, 3.05) is 22.1 Å². The van der Waals surface area contributed by atoms with E-state index in [4.69, 9.17) is 4.74 Å². The van der Waals surface area contributed by atoms with E-state index in [1.165, 1.54) is 17.4 Å². The number of carbonyl (C=O) groups excluding carboxylic acids is 2. The number of ether oxygens (including phenoxy) is 1. The molecule has 12 heteroatoms. The Morgan fingerprint density at radius 2 is 2.07 bits per heavy atom. The van der Waals surface area contributed by atoms with Crippen LogP contribution in [0.1, 0.15) is 40.3 Å². The number of fused-ring (bicyclic) bond motifs is 1. The molecule has 0 fully saturated rings. The quantitative estimate of drug-likeness (QED) is 0.602. The van der Waals surface area contributed by atoms with Gasteiger partial charge in [0, 0.05) is 13.5 Å². The van der Waals surface area contributed by atoms with Gasteiger partial charge in [0.2, 0.25) is 15.9 Å². The Hall–Kier alpha value is -1.82. The molecule has 0 spiro atoms. The van der Waals surface area contributed by atoms with Crippen LogP contribution in [0, 0.1) is 0 Å². The molecule has 10 nitrogen and oxygen atoms in total. The van der Waals surface area contributed by atoms with Crippen molar-refractivity contribution in [2.45, 2.75) is 59.4 Å². The maximum absolute atomic E-state index is 12.7. The van der Waals surface area contributed by atoms with Gasteiger partial charge in [-0.15, -0.1) is 0 Å². The van der Waals surface area contributed by atoms with Gasteiger partial charge in [-0.05, 0) is 27.7 Å². The number of amides is 2. The van der Waals surface area contributed by atoms with Gasteiger partial charge in [0.1, 0.15) is 10.3 Å². The zero-order chi connectivity index (χ0) is 22.0. The van der Waals surface area contributed by atoms with Crippen molar-refractivity contribution in [3.8, 4) is 0 Å². The predicted molar refractivity (Wildman–Crippen MR) is 112 cm³/mol. The summed E-state index contributed by atoms with van der Waals surface area (Å²) in [6.07, 6.45) is 1.02. The predicted octanol–water partition coefficient (Wildman–Crippen LogP) is 1.65. The Labute approximate surface area is 179 Å². The van der Waals surface area contributed by atoms with Crippen LogP contribution in [0.25, 0.3) is 0 Å². The number of aromatic nitrogens is 2. The number of rotatable bonds is 6. The topological polar surface area (TPSA) is 114 Å². The molecule has 2 amide bonds. The van der Waals surface area contributed by atoms with E-state index in [0.29, 0.717) is 17.9 Å². The van der Waals surface area contributed by atoms with Crippen LogP contribution >= 0.6 is 15.9 Å². The van der Waals surface area contributed by atoms with Gasteiger partial charge in [-0.1, -0.05) is 15.9 Å². The second kappa shape index (κ2) is 8.90. The van der Waals surface area contributed by atoms with E-state index in [1.54, 1.807) is 30.4 Å². The smallest absolute Gasteiger partial charge is 0.410 e. The van der Waals surface area contributed by atoms with Crippen molar-refractivity contribution >= 4 is 43.6 Å². The summed E-state index contributed by atoms with van der Waals surface area (Å²) in [4.78, 5) is 25.4. The maximum Gasteiger partial charge on any atom is 0.410 e. The van der Waals surface area contributed by atoms with Crippen molar-refractivity contribution in [3.63, 3.8) is 0 Å². The highest BCUT2D eigenvalue weighted by molar-refractivity contribution is 9.10. The summed E-state index contributed by atoms with van der Waals surface area (Å²) in [5, 5.41) is 6.92. The molecule has 0 unspecified atom stereocenters. The number of hydrogen-bond acceptors (Lipinski definition) is 6. The molecule has 1 aliphatic rings. The maximum atomic E-state index is 12.7. The third kappa shape index (κ3) is 5.84. The number of carbonyl (C=O) groups is 2. The molecule has 2 rings (SSSR count). The minimum Gasteiger partial charge on any atom is -0.444 e. The molecule has 0 saturated carbocycles. The number of nitrogens with one attached hydrogen (secondary N) is 1. The third-order valence-corrected chi connectivity index (χ3v) is 7.34. The third-order valence-electron chi connectivity index (χ3n) is 4.28. The normalized spacial score (nSPS) is 16.9. The summed E-state index contributed by atoms with van der Waals surface area (Å²) in [6, 6.07) is -0.161. The Balaban J connectivity index is 2.34. The van der Waals surface area contributed by atoms with Gasteiger partial charge in [0.15, 0.2) is 0 Å². The Morgan fingerprint density at radius 3 is 2.62 bits per heavy atom. The zero-order valence-corrected chi connectivity index (χ0v) is 19.7. The van der Waals surface area contributed by atoms with Crippen molar-refractivity contribution < 1.29 is 22.7 Å². The average molecular weight is 494 g/mol. The largest absolute Gasteiger partial charge is 0.444 e. The highest BCUT2D eigenvalue weighted by Crippen LogP contribution is 2.30. The molecule has 0 radical (unpaired) electrons. The first-order chi connectivity index (χ1) is 13.4. The number of anilines is 1. The fraction of sp³-hybridized carbons (Fsp3) is 0.706. The van der Waals surface area contributed by atoms with E-state index in [1.807, 2.05) is 6.92 Å². The van der Waals surface area contributed by atoms with Crippen LogP contribution in [0.4, 0.5) is 10.5 Å². The SMILES string of the molecule is CC(=O)NCCN(c1cnn2c1CN(C(=O)OC(C)(C)C)[C@@H](C)C2)S(=O)(=O)CBr. The Morgan fingerprint density at radius 1 is 1.41 bits per heavy atom. The lowest BCUT2D eigenvalue weighted by molar-refractivity contribution is -0.118. The monoisotopic (exact) mass is 493 g/mol. The molecule has 2 heterocycles. The summed E-state index contributed by atoms with van der Waals surface area (Å²) in [6.45, 7) is 9.42. The molecule has 1 aromatic rings. The van der Waals surface area contributed by atoms with E-state index >= 15 is 0 Å². The van der Waals surface area contributed by atoms with Crippen molar-refractivity contribution in [2.24, 2.45) is 0 Å². The fourth-order valence-corrected chi connectivity index (χ4v) is 4.64. The molecular weight excluding hydrogens is 466 g/mol. The lowest BCUT2D eigenvalue weighted by Gasteiger charge is -2.36. The van der Waals surface area contributed by atoms with E-state index in [2.05, 4.69) is 26.3 Å². The number of halogens is 1. The number of alkyl halides is 1. The lowest BCUT2D eigenvalue weighted by Crippen LogP contribution is -2.47. The summed E-state index contributed by atoms with van der Waals surface area (Å²) >= 11 is 3.02. The molecule has 1 atom stereocenters. The second-order valence-corrected chi connectivity index (χ2v) is 11.1. The van der Waals surface area contributed by atoms with Crippen LogP contribution in [0.2, 0.25) is 0 Å². The molecule has 164 valence electrons.